The number of nitrogens with zero attached hydrogens (tertiary/aromatic N) is 3. The van der Waals surface area contributed by atoms with Gasteiger partial charge in [0.25, 0.3) is 11.7 Å². The molecule has 1 aliphatic heterocycles. The van der Waals surface area contributed by atoms with E-state index < -0.39 is 27.8 Å². The van der Waals surface area contributed by atoms with Gasteiger partial charge >= 0.3 is 0 Å². The van der Waals surface area contributed by atoms with Crippen LogP contribution in [0.2, 0.25) is 0 Å². The highest BCUT2D eigenvalue weighted by atomic mass is 32.2. The smallest absolute Gasteiger partial charge is 0.295 e. The molecule has 1 unspecified atom stereocenters. The maximum absolute atomic E-state index is 12.9. The Balaban J connectivity index is 2.10. The molecule has 1 heterocycles. The number of benzene rings is 2. The van der Waals surface area contributed by atoms with Gasteiger partial charge in [-0.1, -0.05) is 30.3 Å². The number of ketones is 1. The summed E-state index contributed by atoms with van der Waals surface area (Å²) in [5, 5.41) is 11.0. The van der Waals surface area contributed by atoms with Gasteiger partial charge < -0.3 is 14.9 Å². The molecule has 170 valence electrons. The summed E-state index contributed by atoms with van der Waals surface area (Å²) < 4.78 is 25.7. The van der Waals surface area contributed by atoms with Crippen molar-refractivity contribution in [1.82, 2.24) is 14.1 Å². The first-order valence-electron chi connectivity index (χ1n) is 10.1. The number of likely N-dealkylation sites (N-methyl/N-ethyl adjacent to an activating group) is 1. The fourth-order valence-electron chi connectivity index (χ4n) is 3.55. The monoisotopic (exact) mass is 457 g/mol. The van der Waals surface area contributed by atoms with Crippen molar-refractivity contribution in [3.63, 3.8) is 0 Å². The van der Waals surface area contributed by atoms with Crippen LogP contribution in [-0.4, -0.2) is 80.6 Å². The summed E-state index contributed by atoms with van der Waals surface area (Å²) in [6.07, 6.45) is 0. The number of amides is 1. The van der Waals surface area contributed by atoms with E-state index in [9.17, 15) is 23.1 Å². The van der Waals surface area contributed by atoms with Gasteiger partial charge in [0.1, 0.15) is 5.76 Å². The zero-order chi connectivity index (χ0) is 23.6. The molecular formula is C23H27N3O5S. The van der Waals surface area contributed by atoms with Gasteiger partial charge in [0.05, 0.1) is 16.5 Å². The normalized spacial score (nSPS) is 18.7. The Labute approximate surface area is 188 Å². The summed E-state index contributed by atoms with van der Waals surface area (Å²) in [4.78, 5) is 29.2. The van der Waals surface area contributed by atoms with Crippen LogP contribution in [0, 0.1) is 0 Å². The lowest BCUT2D eigenvalue weighted by molar-refractivity contribution is -0.140. The lowest BCUT2D eigenvalue weighted by Gasteiger charge is -2.26. The van der Waals surface area contributed by atoms with Crippen LogP contribution in [0.3, 0.4) is 0 Å². The summed E-state index contributed by atoms with van der Waals surface area (Å²) in [7, 11) is 2.97. The standard InChI is InChI=1S/C23H27N3O5S/c1-24(2)14-15-26-20(16-8-6-5-7-9-16)19(22(28)23(26)29)21(27)17-10-12-18(13-11-17)32(30,31)25(3)4/h5-13,20,27H,14-15H2,1-4H3/b21-19-. The summed E-state index contributed by atoms with van der Waals surface area (Å²) in [6, 6.07) is 13.9. The van der Waals surface area contributed by atoms with Gasteiger partial charge in [-0.25, -0.2) is 12.7 Å². The van der Waals surface area contributed by atoms with Crippen molar-refractivity contribution in [3.8, 4) is 0 Å². The zero-order valence-electron chi connectivity index (χ0n) is 18.5. The Morgan fingerprint density at radius 3 is 2.09 bits per heavy atom. The summed E-state index contributed by atoms with van der Waals surface area (Å²) in [5.41, 5.74) is 0.955. The Morgan fingerprint density at radius 1 is 0.969 bits per heavy atom. The van der Waals surface area contributed by atoms with Crippen LogP contribution >= 0.6 is 0 Å². The molecule has 3 rings (SSSR count). The number of rotatable bonds is 7. The predicted molar refractivity (Wildman–Crippen MR) is 121 cm³/mol. The van der Waals surface area contributed by atoms with Crippen molar-refractivity contribution in [2.24, 2.45) is 0 Å². The largest absolute Gasteiger partial charge is 0.507 e. The minimum atomic E-state index is -3.63. The van der Waals surface area contributed by atoms with Gasteiger partial charge in [-0.15, -0.1) is 0 Å². The van der Waals surface area contributed by atoms with E-state index in [2.05, 4.69) is 0 Å². The molecule has 1 N–H and O–H groups in total. The van der Waals surface area contributed by atoms with Crippen molar-refractivity contribution < 1.29 is 23.1 Å². The SMILES string of the molecule is CN(C)CCN1C(=O)C(=O)/C(=C(\O)c2ccc(S(=O)(=O)N(C)C)cc2)C1c1ccccc1. The average molecular weight is 458 g/mol. The highest BCUT2D eigenvalue weighted by Gasteiger charge is 2.45. The molecule has 1 aliphatic rings. The van der Waals surface area contributed by atoms with Crippen LogP contribution in [-0.2, 0) is 19.6 Å². The molecule has 1 atom stereocenters. The van der Waals surface area contributed by atoms with Crippen LogP contribution in [0.1, 0.15) is 17.2 Å². The molecule has 0 aliphatic carbocycles. The van der Waals surface area contributed by atoms with E-state index in [1.165, 1.54) is 43.3 Å². The van der Waals surface area contributed by atoms with Crippen LogP contribution in [0.15, 0.2) is 65.1 Å². The van der Waals surface area contributed by atoms with Crippen molar-refractivity contribution >= 4 is 27.5 Å². The number of sulfonamides is 1. The fourth-order valence-corrected chi connectivity index (χ4v) is 4.45. The molecule has 0 spiro atoms. The quantitative estimate of drug-likeness (QED) is 0.388. The second kappa shape index (κ2) is 9.23. The molecule has 1 saturated heterocycles. The summed E-state index contributed by atoms with van der Waals surface area (Å²) in [6.45, 7) is 0.863. The van der Waals surface area contributed by atoms with E-state index in [0.29, 0.717) is 18.7 Å². The van der Waals surface area contributed by atoms with E-state index in [1.807, 2.05) is 37.2 Å². The first-order chi connectivity index (χ1) is 15.1. The minimum Gasteiger partial charge on any atom is -0.507 e. The molecule has 0 saturated carbocycles. The molecule has 8 nitrogen and oxygen atoms in total. The van der Waals surface area contributed by atoms with Gasteiger partial charge in [0, 0.05) is 32.7 Å². The van der Waals surface area contributed by atoms with Crippen LogP contribution in [0.5, 0.6) is 0 Å². The predicted octanol–water partition coefficient (Wildman–Crippen LogP) is 1.92. The number of aliphatic hydroxyl groups excluding tert-OH is 1. The third-order valence-corrected chi connectivity index (χ3v) is 7.18. The molecule has 1 fully saturated rings. The Morgan fingerprint density at radius 2 is 1.56 bits per heavy atom. The first kappa shape index (κ1) is 23.6. The van der Waals surface area contributed by atoms with Crippen LogP contribution in [0.4, 0.5) is 0 Å². The fraction of sp³-hybridized carbons (Fsp3) is 0.304. The highest BCUT2D eigenvalue weighted by molar-refractivity contribution is 7.89. The molecule has 0 radical (unpaired) electrons. The van der Waals surface area contributed by atoms with E-state index in [1.54, 1.807) is 12.1 Å². The van der Waals surface area contributed by atoms with Gasteiger partial charge in [0.15, 0.2) is 0 Å². The third kappa shape index (κ3) is 4.45. The lowest BCUT2D eigenvalue weighted by atomic mass is 9.95. The Bertz CT molecular complexity index is 1140. The second-order valence-electron chi connectivity index (χ2n) is 8.02. The summed E-state index contributed by atoms with van der Waals surface area (Å²) >= 11 is 0. The van der Waals surface area contributed by atoms with Gasteiger partial charge in [-0.3, -0.25) is 9.59 Å². The molecule has 32 heavy (non-hydrogen) atoms. The van der Waals surface area contributed by atoms with E-state index in [-0.39, 0.29) is 21.8 Å². The molecule has 1 amide bonds. The van der Waals surface area contributed by atoms with Crippen molar-refractivity contribution in [1.29, 1.82) is 0 Å². The zero-order valence-corrected chi connectivity index (χ0v) is 19.3. The van der Waals surface area contributed by atoms with Gasteiger partial charge in [-0.2, -0.15) is 0 Å². The first-order valence-corrected chi connectivity index (χ1v) is 11.5. The summed E-state index contributed by atoms with van der Waals surface area (Å²) in [5.74, 6) is -1.77. The number of hydrogen-bond donors (Lipinski definition) is 1. The minimum absolute atomic E-state index is 0.0110. The number of aliphatic hydroxyl groups is 1. The molecule has 9 heteroatoms. The van der Waals surface area contributed by atoms with Crippen molar-refractivity contribution in [2.45, 2.75) is 10.9 Å². The number of Topliss-reactive ketones (excluding diaryl/α,β-unsaturated/α-hetero) is 1. The van der Waals surface area contributed by atoms with E-state index in [0.717, 1.165) is 4.31 Å². The number of carbonyl (C=O) groups is 2. The molecule has 0 bridgehead atoms. The Kier molecular flexibility index (Phi) is 6.82. The molecule has 0 aromatic heterocycles. The number of likely N-dealkylation sites (tertiary alicyclic amines) is 1. The average Bonchev–Trinajstić information content (AvgIpc) is 3.02. The third-order valence-electron chi connectivity index (χ3n) is 5.35. The van der Waals surface area contributed by atoms with Crippen molar-refractivity contribution in [3.05, 3.63) is 71.3 Å². The van der Waals surface area contributed by atoms with E-state index >= 15 is 0 Å². The number of carbonyl (C=O) groups excluding carboxylic acids is 2. The maximum Gasteiger partial charge on any atom is 0.295 e. The van der Waals surface area contributed by atoms with Gasteiger partial charge in [-0.05, 0) is 43.9 Å². The topological polar surface area (TPSA) is 98.2 Å². The lowest BCUT2D eigenvalue weighted by Crippen LogP contribution is -2.35. The van der Waals surface area contributed by atoms with Crippen LogP contribution in [0.25, 0.3) is 5.76 Å². The van der Waals surface area contributed by atoms with Crippen molar-refractivity contribution in [2.75, 3.05) is 41.3 Å². The highest BCUT2D eigenvalue weighted by Crippen LogP contribution is 2.39. The van der Waals surface area contributed by atoms with E-state index in [4.69, 9.17) is 0 Å². The second-order valence-corrected chi connectivity index (χ2v) is 10.2. The Hall–Kier alpha value is -3.01. The molecule has 2 aromatic carbocycles. The van der Waals surface area contributed by atoms with Crippen LogP contribution < -0.4 is 0 Å². The molecule has 2 aromatic rings. The number of hydrogen-bond acceptors (Lipinski definition) is 6. The van der Waals surface area contributed by atoms with Gasteiger partial charge in [0.2, 0.25) is 10.0 Å². The molecular weight excluding hydrogens is 430 g/mol. The maximum atomic E-state index is 12.9.